The number of rotatable bonds is 41. The molecule has 39 nitrogen and oxygen atoms in total. The zero-order chi connectivity index (χ0) is 90.2. The van der Waals surface area contributed by atoms with Crippen LogP contribution < -0.4 is 70.0 Å². The zero-order valence-corrected chi connectivity index (χ0v) is 70.0. The highest BCUT2D eigenvalue weighted by atomic mass is 35.5. The Kier molecular flexibility index (Phi) is 44.3. The number of aliphatic carboxylic acids is 2. The minimum Gasteiger partial charge on any atom is -0.481 e. The normalized spacial score (nSPS) is 20.8. The van der Waals surface area contributed by atoms with Gasteiger partial charge in [-0.05, 0) is 88.7 Å². The first-order chi connectivity index (χ1) is 57.4. The number of carbonyl (C=O) groups is 19. The lowest BCUT2D eigenvalue weighted by Crippen LogP contribution is -2.57. The van der Waals surface area contributed by atoms with E-state index in [9.17, 15) is 102 Å². The number of nitrogens with two attached hydrogens (primary N) is 2. The SMILES string of the molecule is C=C1NCC(=O)N[C@H](CO)C(=O)C[C@@H]([C@H](C)CC(=O)O)C(=O)N[C@@H](CC(=O)c2cc(Cl)cc(Cl)c2NCCC)C(=O)O[C@H](C)[C@H](NC(=O)[C@H](CC(=O)O)CC(=O)[C@@H](CC(N)=O)NC(=O)[C@H](Cc2c[nH]c3ccc(C)cc23)NC(=O)CCCCCCCCC)C(=O)NCC(=O)N[C@@H](CCCN)C(=O)C[C@@H](COC=O)C(=O)N[C@H](C)C(=O)N[C@H]1COC=O. The number of hydrogen-bond acceptors (Lipinski definition) is 26. The molecule has 0 radical (unpaired) electrons. The first kappa shape index (κ1) is 102. The van der Waals surface area contributed by atoms with Crippen LogP contribution in [0, 0.1) is 30.6 Å². The summed E-state index contributed by atoms with van der Waals surface area (Å²) in [6.07, 6.45) is -1.71. The van der Waals surface area contributed by atoms with Crippen LogP contribution >= 0.6 is 23.2 Å². The monoisotopic (exact) mass is 1740 g/mol. The molecule has 1 fully saturated rings. The number of cyclic esters (lactones) is 1. The lowest BCUT2D eigenvalue weighted by atomic mass is 9.84. The van der Waals surface area contributed by atoms with E-state index in [2.05, 4.69) is 77.0 Å². The van der Waals surface area contributed by atoms with Crippen molar-refractivity contribution in [3.63, 3.8) is 0 Å². The number of aliphatic hydroxyl groups excluding tert-OH is 1. The Labute approximate surface area is 708 Å². The molecule has 666 valence electrons. The van der Waals surface area contributed by atoms with Crippen molar-refractivity contribution in [2.75, 3.05) is 51.3 Å². The number of aromatic amines is 1. The molecule has 0 saturated carbocycles. The number of ketones is 4. The third kappa shape index (κ3) is 35.0. The van der Waals surface area contributed by atoms with Gasteiger partial charge in [0, 0.05) is 90.8 Å². The number of Topliss-reactive ketones (excluding diaryl/α,β-unsaturated/α-hetero) is 4. The molecule has 1 aliphatic heterocycles. The fourth-order valence-corrected chi connectivity index (χ4v) is 13.6. The van der Waals surface area contributed by atoms with Crippen molar-refractivity contribution in [2.24, 2.45) is 35.1 Å². The van der Waals surface area contributed by atoms with E-state index in [0.717, 1.165) is 50.7 Å². The summed E-state index contributed by atoms with van der Waals surface area (Å²) in [6.45, 7) is 8.26. The summed E-state index contributed by atoms with van der Waals surface area (Å²) in [5.41, 5.74) is 13.0. The number of carboxylic acid groups (broad SMARTS) is 2. The zero-order valence-electron chi connectivity index (χ0n) is 68.4. The maximum atomic E-state index is 15.2. The number of amides is 10. The molecular weight excluding hydrogens is 1630 g/mol. The number of H-pyrrole nitrogens is 1. The van der Waals surface area contributed by atoms with Crippen molar-refractivity contribution >= 4 is 153 Å². The molecule has 1 saturated heterocycles. The van der Waals surface area contributed by atoms with Crippen molar-refractivity contribution in [1.29, 1.82) is 0 Å². The molecule has 2 heterocycles. The molecule has 0 spiro atoms. The summed E-state index contributed by atoms with van der Waals surface area (Å²) in [6, 6.07) is -6.54. The smallest absolute Gasteiger partial charge is 0.329 e. The third-order valence-corrected chi connectivity index (χ3v) is 20.3. The Morgan fingerprint density at radius 2 is 1.33 bits per heavy atom. The number of carbonyl (C=O) groups excluding carboxylic acids is 17. The minimum atomic E-state index is -2.38. The lowest BCUT2D eigenvalue weighted by molar-refractivity contribution is -0.156. The number of halogens is 2. The lowest BCUT2D eigenvalue weighted by Gasteiger charge is -2.29. The summed E-state index contributed by atoms with van der Waals surface area (Å²) in [5.74, 6) is -27.6. The van der Waals surface area contributed by atoms with E-state index in [0.29, 0.717) is 35.7 Å². The number of primary amides is 1. The van der Waals surface area contributed by atoms with Gasteiger partial charge in [-0.25, -0.2) is 4.79 Å². The fourth-order valence-electron chi connectivity index (χ4n) is 13.1. The van der Waals surface area contributed by atoms with E-state index in [1.807, 2.05) is 19.1 Å². The van der Waals surface area contributed by atoms with E-state index in [1.165, 1.54) is 19.9 Å². The number of esters is 1. The first-order valence-corrected chi connectivity index (χ1v) is 40.5. The van der Waals surface area contributed by atoms with Gasteiger partial charge in [-0.3, -0.25) is 86.3 Å². The van der Waals surface area contributed by atoms with E-state index in [4.69, 9.17) is 48.9 Å². The molecule has 3 aromatic rings. The van der Waals surface area contributed by atoms with E-state index in [-0.39, 0.29) is 78.7 Å². The Bertz CT molecular complexity index is 4200. The first-order valence-electron chi connectivity index (χ1n) is 39.7. The van der Waals surface area contributed by atoms with Crippen LogP contribution in [0.15, 0.2) is 48.8 Å². The number of ether oxygens (including phenoxy) is 3. The largest absolute Gasteiger partial charge is 0.481 e. The molecule has 19 N–H and O–H groups in total. The highest BCUT2D eigenvalue weighted by molar-refractivity contribution is 6.37. The van der Waals surface area contributed by atoms with Crippen LogP contribution in [0.3, 0.4) is 0 Å². The predicted octanol–water partition coefficient (Wildman–Crippen LogP) is 0.889. The molecular formula is C80H112Cl2N14O25. The van der Waals surface area contributed by atoms with Gasteiger partial charge in [-0.1, -0.05) is 101 Å². The van der Waals surface area contributed by atoms with Gasteiger partial charge in [0.1, 0.15) is 55.6 Å². The van der Waals surface area contributed by atoms with E-state index >= 15 is 4.79 Å². The number of hydrogen-bond donors (Lipinski definition) is 17. The van der Waals surface area contributed by atoms with Crippen molar-refractivity contribution in [3.05, 3.63) is 75.5 Å². The maximum Gasteiger partial charge on any atom is 0.329 e. The van der Waals surface area contributed by atoms with Gasteiger partial charge >= 0.3 is 17.9 Å². The molecule has 41 heteroatoms. The van der Waals surface area contributed by atoms with Gasteiger partial charge < -0.3 is 104 Å². The second-order valence-electron chi connectivity index (χ2n) is 29.6. The van der Waals surface area contributed by atoms with Crippen LogP contribution in [0.2, 0.25) is 10.0 Å². The average molecular weight is 1740 g/mol. The predicted molar refractivity (Wildman–Crippen MR) is 437 cm³/mol. The average Bonchev–Trinajstić information content (AvgIpc) is 1.80. The van der Waals surface area contributed by atoms with Crippen LogP contribution in [0.1, 0.15) is 172 Å². The number of fused-ring (bicyclic) bond motifs is 1. The Balaban J connectivity index is 1.93. The summed E-state index contributed by atoms with van der Waals surface area (Å²) < 4.78 is 15.6. The van der Waals surface area contributed by atoms with Gasteiger partial charge in [0.2, 0.25) is 59.1 Å². The number of anilines is 1. The highest BCUT2D eigenvalue weighted by Gasteiger charge is 2.41. The minimum absolute atomic E-state index is 0.00217. The maximum absolute atomic E-state index is 15.2. The summed E-state index contributed by atoms with van der Waals surface area (Å²) in [4.78, 5) is 266. The van der Waals surface area contributed by atoms with Crippen LogP contribution in [-0.4, -0.2) is 234 Å². The van der Waals surface area contributed by atoms with Crippen LogP contribution in [-0.2, 0) is 107 Å². The molecule has 4 rings (SSSR count). The molecule has 2 aromatic carbocycles. The number of unbranched alkanes of at least 4 members (excludes halogenated alkanes) is 6. The number of aliphatic hydroxyl groups is 1. The van der Waals surface area contributed by atoms with Gasteiger partial charge in [0.25, 0.3) is 12.9 Å². The van der Waals surface area contributed by atoms with Crippen LogP contribution in [0.5, 0.6) is 0 Å². The topological polar surface area (TPSA) is 613 Å². The number of aryl methyl sites for hydroxylation is 1. The van der Waals surface area contributed by atoms with Crippen molar-refractivity contribution < 1.29 is 121 Å². The number of carboxylic acids is 2. The molecule has 10 amide bonds. The summed E-state index contributed by atoms with van der Waals surface area (Å²) in [5, 5.41) is 58.4. The van der Waals surface area contributed by atoms with Crippen LogP contribution in [0.4, 0.5) is 5.69 Å². The molecule has 1 aliphatic rings. The number of aromatic nitrogens is 1. The second kappa shape index (κ2) is 52.6. The van der Waals surface area contributed by atoms with Crippen molar-refractivity contribution in [1.82, 2.24) is 58.2 Å². The Morgan fingerprint density at radius 3 is 1.97 bits per heavy atom. The summed E-state index contributed by atoms with van der Waals surface area (Å²) in [7, 11) is 0. The quantitative estimate of drug-likeness (QED) is 0.0123. The van der Waals surface area contributed by atoms with Crippen molar-refractivity contribution in [3.8, 4) is 0 Å². The molecule has 1 aromatic heterocycles. The third-order valence-electron chi connectivity index (χ3n) is 19.8. The Morgan fingerprint density at radius 1 is 0.694 bits per heavy atom. The summed E-state index contributed by atoms with van der Waals surface area (Å²) >= 11 is 13.0. The highest BCUT2D eigenvalue weighted by Crippen LogP contribution is 2.33. The van der Waals surface area contributed by atoms with Crippen LogP contribution in [0.25, 0.3) is 10.9 Å². The van der Waals surface area contributed by atoms with Gasteiger partial charge in [-0.2, -0.15) is 0 Å². The number of nitrogens with one attached hydrogen (secondary N) is 12. The molecule has 0 aliphatic carbocycles. The van der Waals surface area contributed by atoms with Crippen molar-refractivity contribution in [2.45, 2.75) is 218 Å². The Hall–Kier alpha value is -11.4. The van der Waals surface area contributed by atoms with E-state index in [1.54, 1.807) is 19.2 Å². The standard InChI is InChI=1S/C80H112Cl2N14O25/c1-8-10-11-12-13-14-15-18-67(105)91-58(25-48-34-87-55-20-19-42(3)23-52(48)55)78(116)93-57(33-66(84)104)64(102)26-47(28-71(110)111)75(113)96-72-46(7)121-80(118)59(32-62(100)53-29-50(81)30-54(82)73(53)85-22-9-2)94-77(115)51(43(4)24-70(108)109)31-65(103)60(37-97)92-68(106)35-86-44(5)61(39-120-41-99)95-74(112)45(6)89-76(114)49(38-119-40-98)27-63(101)56(17-16-21-83)90-69(107)36-88-79(72)117/h19-20,23,29-30,34,40-41,43,45-47,49,51,56-61,72,85-87,97H,5,8-18,21-22,24-28,31-33,35-39,83H2,1-4,6-7H3,(H2,84,104)(H,88,117)(H,89,114)(H,90,107)(H,91,105)(H,92,106)(H,93,116)(H,94,115)(H,95,112)(H,96,113)(H,108,109)(H,110,111)/t43-,45-,46-,47+,49+,51+,56+,57-,58+,59+,60-,61+,72+/m1/s1. The van der Waals surface area contributed by atoms with Gasteiger partial charge in [-0.15, -0.1) is 0 Å². The molecule has 121 heavy (non-hydrogen) atoms. The van der Waals surface area contributed by atoms with Gasteiger partial charge in [0.15, 0.2) is 23.1 Å². The molecule has 0 bridgehead atoms. The fraction of sp³-hybridized carbons (Fsp3) is 0.562. The number of benzene rings is 2. The molecule has 13 atom stereocenters. The molecule has 0 unspecified atom stereocenters. The van der Waals surface area contributed by atoms with E-state index < -0.39 is 256 Å². The van der Waals surface area contributed by atoms with Gasteiger partial charge in [0.05, 0.1) is 67.2 Å². The second-order valence-corrected chi connectivity index (χ2v) is 30.5.